The maximum Gasteiger partial charge on any atom is 0.267 e. The summed E-state index contributed by atoms with van der Waals surface area (Å²) in [6.45, 7) is -6.96. The van der Waals surface area contributed by atoms with Crippen molar-refractivity contribution in [1.29, 1.82) is 0 Å². The summed E-state index contributed by atoms with van der Waals surface area (Å²) >= 11 is 0. The zero-order valence-corrected chi connectivity index (χ0v) is 16.9. The molecule has 2 aliphatic rings. The quantitative estimate of drug-likeness (QED) is 0.604. The van der Waals surface area contributed by atoms with Gasteiger partial charge in [0.2, 0.25) is 12.1 Å². The van der Waals surface area contributed by atoms with Crippen LogP contribution in [0.1, 0.15) is 13.7 Å². The highest BCUT2D eigenvalue weighted by Gasteiger charge is 2.33. The molecule has 172 valence electrons. The average molecular weight is 464 g/mol. The van der Waals surface area contributed by atoms with E-state index >= 15 is 0 Å². The largest absolute Gasteiger partial charge is 0.493 e. The third-order valence-electron chi connectivity index (χ3n) is 5.08. The topological polar surface area (TPSA) is 112 Å². The van der Waals surface area contributed by atoms with E-state index in [4.69, 9.17) is 35.5 Å². The summed E-state index contributed by atoms with van der Waals surface area (Å²) in [7, 11) is -6.07. The van der Waals surface area contributed by atoms with E-state index in [-0.39, 0.29) is 34.9 Å². The molecule has 0 spiro atoms. The number of methoxy groups -OCH3 is 2. The molecule has 2 N–H and O–H groups in total. The van der Waals surface area contributed by atoms with Crippen LogP contribution in [0.5, 0.6) is 23.0 Å². The van der Waals surface area contributed by atoms with E-state index < -0.39 is 69.5 Å². The first-order valence-corrected chi connectivity index (χ1v) is 9.73. The van der Waals surface area contributed by atoms with Gasteiger partial charge in [0.05, 0.1) is 33.3 Å². The maximum absolute atomic E-state index is 13.5. The van der Waals surface area contributed by atoms with Crippen LogP contribution in [0.15, 0.2) is 36.4 Å². The number of rotatable bonds is 5. The molecular weight excluding hydrogens is 426 g/mol. The van der Waals surface area contributed by atoms with Crippen molar-refractivity contribution in [2.45, 2.75) is 6.10 Å². The number of anilines is 2. The molecule has 2 aromatic carbocycles. The SMILES string of the molecule is [2H]N([2H])c1nc(N2CC([2H])([2H])N(C(=O)C3COc4ccccc4O3)C([2H])([2H])C2)nc2cc(OC([2H])([2H])[2H])c(OC([2H])([2H])[2H])cc12. The second-order valence-corrected chi connectivity index (χ2v) is 7.08. The Balaban J connectivity index is 1.51. The van der Waals surface area contributed by atoms with Gasteiger partial charge in [0.25, 0.3) is 5.91 Å². The zero-order valence-electron chi connectivity index (χ0n) is 28.9. The van der Waals surface area contributed by atoms with E-state index in [1.54, 1.807) is 24.3 Å². The van der Waals surface area contributed by atoms with Gasteiger partial charge in [-0.1, -0.05) is 12.1 Å². The Kier molecular flexibility index (Phi) is 2.91. The van der Waals surface area contributed by atoms with Gasteiger partial charge in [-0.25, -0.2) is 4.98 Å². The third-order valence-corrected chi connectivity index (χ3v) is 5.08. The van der Waals surface area contributed by atoms with E-state index in [0.717, 1.165) is 17.0 Å². The monoisotopic (exact) mass is 463 g/mol. The van der Waals surface area contributed by atoms with E-state index in [1.165, 1.54) is 0 Å². The smallest absolute Gasteiger partial charge is 0.267 e. The number of fused-ring (bicyclic) bond motifs is 2. The van der Waals surface area contributed by atoms with Gasteiger partial charge in [0.15, 0.2) is 25.8 Å². The van der Waals surface area contributed by atoms with Gasteiger partial charge in [-0.3, -0.25) is 4.79 Å². The predicted octanol–water partition coefficient (Wildman–Crippen LogP) is 1.72. The van der Waals surface area contributed by atoms with E-state index in [9.17, 15) is 4.79 Å². The van der Waals surface area contributed by atoms with Crippen LogP contribution in [-0.4, -0.2) is 73.6 Å². The number of nitrogen functional groups attached to an aromatic ring is 1. The highest BCUT2D eigenvalue weighted by Crippen LogP contribution is 2.34. The van der Waals surface area contributed by atoms with Gasteiger partial charge in [0, 0.05) is 37.5 Å². The molecule has 1 amide bonds. The van der Waals surface area contributed by atoms with Crippen molar-refractivity contribution < 1.29 is 40.3 Å². The van der Waals surface area contributed by atoms with Gasteiger partial charge >= 0.3 is 0 Å². The van der Waals surface area contributed by atoms with Crippen molar-refractivity contribution in [3.05, 3.63) is 36.4 Å². The molecule has 1 saturated heterocycles. The summed E-state index contributed by atoms with van der Waals surface area (Å²) in [5.41, 5.74) is -0.110. The van der Waals surface area contributed by atoms with E-state index in [0.29, 0.717) is 10.6 Å². The number of aromatic nitrogens is 2. The van der Waals surface area contributed by atoms with Crippen molar-refractivity contribution in [2.75, 3.05) is 57.4 Å². The molecule has 33 heavy (non-hydrogen) atoms. The highest BCUT2D eigenvalue weighted by molar-refractivity contribution is 5.91. The lowest BCUT2D eigenvalue weighted by Gasteiger charge is -2.37. The van der Waals surface area contributed by atoms with E-state index in [2.05, 4.69) is 9.97 Å². The molecule has 0 aliphatic carbocycles. The maximum atomic E-state index is 13.5. The van der Waals surface area contributed by atoms with Crippen LogP contribution in [0.2, 0.25) is 2.82 Å². The van der Waals surface area contributed by atoms with Crippen LogP contribution in [0, 0.1) is 0 Å². The molecule has 3 aromatic rings. The fourth-order valence-corrected chi connectivity index (χ4v) is 3.42. The number of piperazine rings is 1. The highest BCUT2D eigenvalue weighted by atomic mass is 16.6. The summed E-state index contributed by atoms with van der Waals surface area (Å²) in [6, 6.07) is 8.50. The van der Waals surface area contributed by atoms with Gasteiger partial charge in [-0.2, -0.15) is 4.98 Å². The number of amides is 1. The summed E-state index contributed by atoms with van der Waals surface area (Å²) in [6.07, 6.45) is -1.34. The Morgan fingerprint density at radius 3 is 2.70 bits per heavy atom. The summed E-state index contributed by atoms with van der Waals surface area (Å²) in [5.74, 6) is -2.35. The molecule has 1 aromatic heterocycles. The lowest BCUT2D eigenvalue weighted by molar-refractivity contribution is -0.141. The van der Waals surface area contributed by atoms with Gasteiger partial charge < -0.3 is 34.5 Å². The normalized spacial score (nSPS) is 26.7. The lowest BCUT2D eigenvalue weighted by Crippen LogP contribution is -2.54. The molecule has 10 nitrogen and oxygen atoms in total. The third kappa shape index (κ3) is 3.88. The Morgan fingerprint density at radius 2 is 1.94 bits per heavy atom. The van der Waals surface area contributed by atoms with Crippen molar-refractivity contribution in [3.8, 4) is 23.0 Å². The summed E-state index contributed by atoms with van der Waals surface area (Å²) in [5, 5.41) is -0.129. The molecule has 1 unspecified atom stereocenters. The molecule has 0 bridgehead atoms. The van der Waals surface area contributed by atoms with Gasteiger partial charge in [-0.15, -0.1) is 0 Å². The van der Waals surface area contributed by atoms with Gasteiger partial charge in [0.1, 0.15) is 12.4 Å². The first-order chi connectivity index (χ1) is 20.7. The number of nitrogens with two attached hydrogens (primary N) is 1. The number of benzene rings is 2. The minimum absolute atomic E-state index is 0.0538. The van der Waals surface area contributed by atoms with Gasteiger partial charge in [-0.05, 0) is 18.2 Å². The number of ether oxygens (including phenoxy) is 4. The van der Waals surface area contributed by atoms with Crippen LogP contribution in [0.3, 0.4) is 0 Å². The summed E-state index contributed by atoms with van der Waals surface area (Å²) in [4.78, 5) is 23.3. The first kappa shape index (κ1) is 11.3. The van der Waals surface area contributed by atoms with Crippen LogP contribution in [0.4, 0.5) is 11.8 Å². The van der Waals surface area contributed by atoms with Crippen LogP contribution in [-0.2, 0) is 4.79 Å². The zero-order chi connectivity index (χ0) is 33.1. The fraction of sp³-hybridized carbons (Fsp3) is 0.348. The Labute approximate surface area is 207 Å². The Bertz CT molecular complexity index is 1600. The molecule has 1 fully saturated rings. The molecular formula is C23H25N5O5. The number of para-hydroxylation sites is 2. The molecule has 5 rings (SSSR count). The van der Waals surface area contributed by atoms with Crippen molar-refractivity contribution >= 4 is 28.6 Å². The Morgan fingerprint density at radius 1 is 1.18 bits per heavy atom. The Hall–Kier alpha value is -3.95. The number of carbonyl (C=O) groups excluding carboxylic acids is 1. The fourth-order valence-electron chi connectivity index (χ4n) is 3.42. The number of hydrogen-bond donors (Lipinski definition) is 1. The lowest BCUT2D eigenvalue weighted by atomic mass is 10.2. The predicted molar refractivity (Wildman–Crippen MR) is 122 cm³/mol. The minimum atomic E-state index is -3.04. The number of hydrogen-bond acceptors (Lipinski definition) is 9. The molecule has 3 heterocycles. The van der Waals surface area contributed by atoms with Crippen molar-refractivity contribution in [2.24, 2.45) is 0 Å². The average Bonchev–Trinajstić information content (AvgIpc) is 2.89. The van der Waals surface area contributed by atoms with Crippen molar-refractivity contribution in [3.63, 3.8) is 0 Å². The van der Waals surface area contributed by atoms with Crippen LogP contribution < -0.4 is 29.6 Å². The van der Waals surface area contributed by atoms with Crippen LogP contribution in [0.25, 0.3) is 10.9 Å². The second kappa shape index (κ2) is 8.53. The van der Waals surface area contributed by atoms with Crippen LogP contribution >= 0.6 is 0 Å². The standard InChI is InChI=1S/C23H25N5O5/c1-30-18-11-14-15(12-19(18)31-2)25-23(26-21(14)24)28-9-7-27(8-10-28)22(29)20-13-32-16-5-3-4-6-17(16)33-20/h3-6,11-12,20H,7-10,13H2,1-2H3,(H2,24,25,26)/i1D3,2D3,7D2,8D2/hD2. The molecule has 10 heteroatoms. The molecule has 1 atom stereocenters. The molecule has 0 saturated carbocycles. The van der Waals surface area contributed by atoms with E-state index in [1.807, 2.05) is 0 Å². The first-order valence-electron chi connectivity index (χ1n) is 15.6. The molecule has 0 radical (unpaired) electrons. The number of carbonyl (C=O) groups is 1. The minimum Gasteiger partial charge on any atom is -0.493 e. The summed E-state index contributed by atoms with van der Waals surface area (Å²) < 4.78 is 116. The second-order valence-electron chi connectivity index (χ2n) is 7.08. The number of nitrogens with zero attached hydrogens (tertiary/aromatic N) is 4. The molecule has 2 aliphatic heterocycles. The van der Waals surface area contributed by atoms with Crippen molar-refractivity contribution in [1.82, 2.24) is 14.9 Å².